The van der Waals surface area contributed by atoms with Gasteiger partial charge in [0, 0.05) is 24.9 Å². The summed E-state index contributed by atoms with van der Waals surface area (Å²) in [4.78, 5) is 83.9. The molecule has 1 aromatic carbocycles. The average molecular weight is 804 g/mol. The molecule has 1 saturated heterocycles. The first kappa shape index (κ1) is 42.6. The number of ketones is 1. The van der Waals surface area contributed by atoms with E-state index in [0.29, 0.717) is 30.4 Å². The number of hydrogen-bond acceptors (Lipinski definition) is 10. The van der Waals surface area contributed by atoms with Crippen LogP contribution in [0.3, 0.4) is 0 Å². The molecule has 4 aliphatic rings. The molecule has 3 fully saturated rings. The van der Waals surface area contributed by atoms with E-state index in [1.54, 1.807) is 45.9 Å². The molecule has 1 aromatic rings. The summed E-state index contributed by atoms with van der Waals surface area (Å²) in [6.07, 6.45) is 1.30. The molecule has 2 heterocycles. The predicted molar refractivity (Wildman–Crippen MR) is 201 cm³/mol. The Morgan fingerprint density at radius 1 is 1.05 bits per heavy atom. The number of sulfonamides is 1. The number of carbonyl (C=O) groups excluding carboxylic acids is 6. The van der Waals surface area contributed by atoms with Crippen molar-refractivity contribution in [3.05, 3.63) is 47.3 Å². The maximum atomic E-state index is 14.5. The fourth-order valence-corrected chi connectivity index (χ4v) is 8.38. The number of likely N-dealkylation sites (tertiary alicyclic amines) is 1. The van der Waals surface area contributed by atoms with Gasteiger partial charge in [-0.15, -0.1) is 0 Å². The number of hydrogen-bond donors (Lipinski definition) is 3. The molecule has 0 spiro atoms. The van der Waals surface area contributed by atoms with Crippen LogP contribution in [0.15, 0.2) is 30.4 Å². The average Bonchev–Trinajstić information content (AvgIpc) is 3.98. The fraction of sp³-hybridized carbons (Fsp3) is 0.641. The number of halogens is 1. The lowest BCUT2D eigenvalue weighted by Gasteiger charge is -2.30. The molecular weight excluding hydrogens is 750 g/mol. The first-order chi connectivity index (χ1) is 26.0. The molecule has 0 aromatic heterocycles. The molecule has 2 unspecified atom stereocenters. The maximum Gasteiger partial charge on any atom is 0.410 e. The number of nitrogens with one attached hydrogen (secondary N) is 3. The number of alkyl carbamates (subject to hydrolysis) is 1. The van der Waals surface area contributed by atoms with Crippen LogP contribution in [0.5, 0.6) is 0 Å². The van der Waals surface area contributed by atoms with E-state index >= 15 is 0 Å². The van der Waals surface area contributed by atoms with Crippen molar-refractivity contribution in [2.75, 3.05) is 6.54 Å². The number of fused-ring (bicyclic) bond motifs is 1. The number of ether oxygens (including phenoxy) is 2. The summed E-state index contributed by atoms with van der Waals surface area (Å²) in [7, 11) is -3.94. The Kier molecular flexibility index (Phi) is 12.3. The van der Waals surface area contributed by atoms with E-state index in [1.165, 1.54) is 17.0 Å². The van der Waals surface area contributed by atoms with Crippen LogP contribution in [-0.2, 0) is 51.8 Å². The molecule has 17 heteroatoms. The van der Waals surface area contributed by atoms with Crippen LogP contribution >= 0.6 is 0 Å². The Bertz CT molecular complexity index is 1890. The first-order valence-corrected chi connectivity index (χ1v) is 20.7. The second-order valence-corrected chi connectivity index (χ2v) is 19.3. The van der Waals surface area contributed by atoms with Crippen molar-refractivity contribution >= 4 is 45.7 Å². The van der Waals surface area contributed by atoms with E-state index in [4.69, 9.17) is 9.47 Å². The second-order valence-electron chi connectivity index (χ2n) is 17.3. The third-order valence-corrected chi connectivity index (χ3v) is 12.1. The Balaban J connectivity index is 1.39. The fourth-order valence-electron chi connectivity index (χ4n) is 7.02. The Hall–Kier alpha value is -4.54. The molecule has 2 aliphatic carbocycles. The largest absolute Gasteiger partial charge is 0.444 e. The summed E-state index contributed by atoms with van der Waals surface area (Å²) in [5.74, 6) is -3.57. The number of nitrogens with zero attached hydrogens (tertiary/aromatic N) is 2. The quantitative estimate of drug-likeness (QED) is 0.245. The van der Waals surface area contributed by atoms with Crippen LogP contribution in [0.25, 0.3) is 0 Å². The van der Waals surface area contributed by atoms with Crippen molar-refractivity contribution in [1.29, 1.82) is 0 Å². The minimum Gasteiger partial charge on any atom is -0.444 e. The van der Waals surface area contributed by atoms with Gasteiger partial charge in [0.15, 0.2) is 5.78 Å². The van der Waals surface area contributed by atoms with E-state index in [-0.39, 0.29) is 62.4 Å². The molecule has 56 heavy (non-hydrogen) atoms. The third kappa shape index (κ3) is 10.4. The van der Waals surface area contributed by atoms with Crippen molar-refractivity contribution in [1.82, 2.24) is 25.2 Å². The second kappa shape index (κ2) is 16.1. The van der Waals surface area contributed by atoms with Crippen LogP contribution in [0.4, 0.5) is 14.0 Å². The summed E-state index contributed by atoms with van der Waals surface area (Å²) in [6, 6.07) is 1.84. The van der Waals surface area contributed by atoms with Gasteiger partial charge < -0.3 is 25.0 Å². The van der Waals surface area contributed by atoms with Crippen molar-refractivity contribution in [2.24, 2.45) is 11.3 Å². The zero-order valence-electron chi connectivity index (χ0n) is 33.1. The van der Waals surface area contributed by atoms with E-state index in [1.807, 2.05) is 20.8 Å². The molecule has 15 nitrogen and oxygen atoms in total. The highest BCUT2D eigenvalue weighted by molar-refractivity contribution is 7.91. The van der Waals surface area contributed by atoms with E-state index < -0.39 is 80.3 Å². The summed E-state index contributed by atoms with van der Waals surface area (Å²) in [5.41, 5.74) is -1.80. The molecule has 2 saturated carbocycles. The van der Waals surface area contributed by atoms with Crippen molar-refractivity contribution in [3.63, 3.8) is 0 Å². The van der Waals surface area contributed by atoms with Gasteiger partial charge in [0.1, 0.15) is 35.1 Å². The SMILES string of the molecule is CCC1CC1(NC(=O)[C@@H]1C[C@@H](OC(=O)N2Cc3cccc(F)c3C2)CN1C(=O)[C@H](CCC(=O)/C=C/C(C)(C)C)NC(=O)OC(C)(C)C)C(=O)NS(=O)(=O)C1CC1. The molecule has 2 aliphatic heterocycles. The van der Waals surface area contributed by atoms with Crippen LogP contribution in [-0.4, -0.2) is 95.0 Å². The maximum absolute atomic E-state index is 14.5. The standard InChI is InChI=1S/C39H54FN5O10S/c1-8-24-19-39(24,34(49)43-56(52,53)27-13-14-27)42-32(47)31-18-26(54-36(51)44-20-23-10-9-11-29(40)28(23)22-44)21-45(31)33(48)30(41-35(50)55-38(5,6)7)15-12-25(46)16-17-37(2,3)4/h9-11,16-17,24,26-27,30-31H,8,12-15,18-22H2,1-7H3,(H,41,50)(H,42,47)(H,43,49)/b17-16+/t24?,26-,30+,31+,39?/m1/s1. The lowest BCUT2D eigenvalue weighted by atomic mass is 9.95. The van der Waals surface area contributed by atoms with Crippen LogP contribution in [0.2, 0.25) is 0 Å². The highest BCUT2D eigenvalue weighted by Crippen LogP contribution is 2.47. The van der Waals surface area contributed by atoms with Gasteiger partial charge in [0.2, 0.25) is 21.8 Å². The molecule has 308 valence electrons. The first-order valence-electron chi connectivity index (χ1n) is 19.1. The minimum absolute atomic E-state index is 0.0422. The highest BCUT2D eigenvalue weighted by Gasteiger charge is 2.62. The Morgan fingerprint density at radius 3 is 2.34 bits per heavy atom. The number of carbonyl (C=O) groups is 6. The zero-order valence-corrected chi connectivity index (χ0v) is 33.9. The molecule has 5 atom stereocenters. The molecule has 5 amide bonds. The monoisotopic (exact) mass is 803 g/mol. The molecule has 0 bridgehead atoms. The van der Waals surface area contributed by atoms with Gasteiger partial charge in [0.05, 0.1) is 18.3 Å². The zero-order chi connectivity index (χ0) is 41.4. The molecular formula is C39H54FN5O10S. The summed E-state index contributed by atoms with van der Waals surface area (Å²) < 4.78 is 53.2. The molecule has 5 rings (SSSR count). The topological polar surface area (TPSA) is 198 Å². The van der Waals surface area contributed by atoms with Crippen molar-refractivity contribution in [2.45, 2.75) is 141 Å². The van der Waals surface area contributed by atoms with Gasteiger partial charge in [-0.1, -0.05) is 52.3 Å². The van der Waals surface area contributed by atoms with Gasteiger partial charge in [-0.2, -0.15) is 0 Å². The number of amides is 5. The van der Waals surface area contributed by atoms with Crippen molar-refractivity contribution < 1.29 is 51.0 Å². The van der Waals surface area contributed by atoms with Crippen LogP contribution in [0, 0.1) is 17.2 Å². The van der Waals surface area contributed by atoms with Gasteiger partial charge in [-0.05, 0) is 75.5 Å². The highest BCUT2D eigenvalue weighted by atomic mass is 32.2. The summed E-state index contributed by atoms with van der Waals surface area (Å²) in [5, 5.41) is 4.61. The molecule has 3 N–H and O–H groups in total. The normalized spacial score (nSPS) is 24.0. The van der Waals surface area contributed by atoms with E-state index in [0.717, 1.165) is 4.90 Å². The van der Waals surface area contributed by atoms with Gasteiger partial charge in [-0.3, -0.25) is 28.8 Å². The van der Waals surface area contributed by atoms with E-state index in [2.05, 4.69) is 15.4 Å². The van der Waals surface area contributed by atoms with Crippen LogP contribution < -0.4 is 15.4 Å². The van der Waals surface area contributed by atoms with Gasteiger partial charge in [0.25, 0.3) is 5.91 Å². The minimum atomic E-state index is -3.94. The summed E-state index contributed by atoms with van der Waals surface area (Å²) >= 11 is 0. The van der Waals surface area contributed by atoms with Gasteiger partial charge in [-0.25, -0.2) is 22.4 Å². The Morgan fingerprint density at radius 2 is 1.75 bits per heavy atom. The third-order valence-electron chi connectivity index (χ3n) is 10.3. The van der Waals surface area contributed by atoms with Gasteiger partial charge >= 0.3 is 12.2 Å². The number of rotatable bonds is 13. The predicted octanol–water partition coefficient (Wildman–Crippen LogP) is 3.99. The summed E-state index contributed by atoms with van der Waals surface area (Å²) in [6.45, 7) is 12.2. The van der Waals surface area contributed by atoms with Crippen LogP contribution in [0.1, 0.15) is 105 Å². The van der Waals surface area contributed by atoms with Crippen molar-refractivity contribution in [3.8, 4) is 0 Å². The Labute approximate surface area is 327 Å². The number of benzene rings is 1. The molecule has 0 radical (unpaired) electrons. The van der Waals surface area contributed by atoms with E-state index in [9.17, 15) is 41.6 Å². The number of allylic oxidation sites excluding steroid dienone is 2. The lowest BCUT2D eigenvalue weighted by molar-refractivity contribution is -0.141. The lowest BCUT2D eigenvalue weighted by Crippen LogP contribution is -2.58. The smallest absolute Gasteiger partial charge is 0.410 e.